The standard InChI is InChI=1S/C17H20O4/c1-11-6-5-7-13(17(2,3)4)15(11)20-10-12-8-9-14(21-12)16(18)19/h5-9H,10H2,1-4H3,(H,18,19). The molecule has 0 saturated carbocycles. The Morgan fingerprint density at radius 3 is 2.52 bits per heavy atom. The molecular weight excluding hydrogens is 268 g/mol. The molecular formula is C17H20O4. The number of carboxylic acids is 1. The van der Waals surface area contributed by atoms with Crippen LogP contribution in [-0.4, -0.2) is 11.1 Å². The highest BCUT2D eigenvalue weighted by molar-refractivity contribution is 5.84. The van der Waals surface area contributed by atoms with Crippen LogP contribution in [0.25, 0.3) is 0 Å². The molecule has 0 unspecified atom stereocenters. The minimum atomic E-state index is -1.08. The van der Waals surface area contributed by atoms with Crippen molar-refractivity contribution in [3.8, 4) is 5.75 Å². The average Bonchev–Trinajstić information content (AvgIpc) is 2.85. The van der Waals surface area contributed by atoms with E-state index in [2.05, 4.69) is 20.8 Å². The summed E-state index contributed by atoms with van der Waals surface area (Å²) in [5.74, 6) is 0.177. The Kier molecular flexibility index (Phi) is 4.07. The molecule has 4 heteroatoms. The van der Waals surface area contributed by atoms with Gasteiger partial charge in [-0.1, -0.05) is 39.0 Å². The predicted molar refractivity (Wildman–Crippen MR) is 79.9 cm³/mol. The van der Waals surface area contributed by atoms with Crippen molar-refractivity contribution in [1.82, 2.24) is 0 Å². The van der Waals surface area contributed by atoms with Crippen LogP contribution in [0.2, 0.25) is 0 Å². The molecule has 0 aliphatic rings. The first kappa shape index (κ1) is 15.2. The maximum Gasteiger partial charge on any atom is 0.371 e. The van der Waals surface area contributed by atoms with Crippen molar-refractivity contribution >= 4 is 5.97 Å². The number of hydrogen-bond donors (Lipinski definition) is 1. The summed E-state index contributed by atoms with van der Waals surface area (Å²) in [7, 11) is 0. The van der Waals surface area contributed by atoms with E-state index < -0.39 is 5.97 Å². The number of furan rings is 1. The van der Waals surface area contributed by atoms with E-state index in [-0.39, 0.29) is 17.8 Å². The Morgan fingerprint density at radius 1 is 1.24 bits per heavy atom. The summed E-state index contributed by atoms with van der Waals surface area (Å²) >= 11 is 0. The van der Waals surface area contributed by atoms with Gasteiger partial charge in [-0.05, 0) is 35.6 Å². The lowest BCUT2D eigenvalue weighted by Gasteiger charge is -2.24. The van der Waals surface area contributed by atoms with Crippen molar-refractivity contribution in [2.45, 2.75) is 39.7 Å². The second kappa shape index (κ2) is 5.64. The fourth-order valence-electron chi connectivity index (χ4n) is 2.15. The van der Waals surface area contributed by atoms with E-state index in [9.17, 15) is 4.79 Å². The van der Waals surface area contributed by atoms with Crippen molar-refractivity contribution in [1.29, 1.82) is 0 Å². The van der Waals surface area contributed by atoms with E-state index in [1.165, 1.54) is 6.07 Å². The van der Waals surface area contributed by atoms with Gasteiger partial charge in [0.1, 0.15) is 18.1 Å². The van der Waals surface area contributed by atoms with Gasteiger partial charge >= 0.3 is 5.97 Å². The number of para-hydroxylation sites is 1. The second-order valence-electron chi connectivity index (χ2n) is 6.06. The number of hydrogen-bond acceptors (Lipinski definition) is 3. The molecule has 112 valence electrons. The summed E-state index contributed by atoms with van der Waals surface area (Å²) in [6.45, 7) is 8.59. The first-order chi connectivity index (χ1) is 9.79. The van der Waals surface area contributed by atoms with Crippen LogP contribution in [0.5, 0.6) is 5.75 Å². The van der Waals surface area contributed by atoms with Gasteiger partial charge in [0.15, 0.2) is 0 Å². The molecule has 1 heterocycles. The zero-order valence-corrected chi connectivity index (χ0v) is 12.8. The van der Waals surface area contributed by atoms with Crippen molar-refractivity contribution in [2.75, 3.05) is 0 Å². The third kappa shape index (κ3) is 3.45. The predicted octanol–water partition coefficient (Wildman–Crippen LogP) is 4.16. The molecule has 1 aromatic heterocycles. The second-order valence-corrected chi connectivity index (χ2v) is 6.06. The van der Waals surface area contributed by atoms with E-state index >= 15 is 0 Å². The van der Waals surface area contributed by atoms with Gasteiger partial charge in [-0.2, -0.15) is 0 Å². The fourth-order valence-corrected chi connectivity index (χ4v) is 2.15. The van der Waals surface area contributed by atoms with Gasteiger partial charge in [-0.25, -0.2) is 4.79 Å². The van der Waals surface area contributed by atoms with Crippen molar-refractivity contribution in [3.63, 3.8) is 0 Å². The summed E-state index contributed by atoms with van der Waals surface area (Å²) in [4.78, 5) is 10.8. The Hall–Kier alpha value is -2.23. The third-order valence-electron chi connectivity index (χ3n) is 3.25. The molecule has 0 bridgehead atoms. The summed E-state index contributed by atoms with van der Waals surface area (Å²) in [5, 5.41) is 8.84. The van der Waals surface area contributed by atoms with Crippen LogP contribution >= 0.6 is 0 Å². The molecule has 2 aromatic rings. The quantitative estimate of drug-likeness (QED) is 0.917. The topological polar surface area (TPSA) is 59.7 Å². The molecule has 2 rings (SSSR count). The number of benzene rings is 1. The number of aryl methyl sites for hydroxylation is 1. The van der Waals surface area contributed by atoms with Gasteiger partial charge in [-0.3, -0.25) is 0 Å². The fraction of sp³-hybridized carbons (Fsp3) is 0.353. The zero-order chi connectivity index (χ0) is 15.6. The number of carbonyl (C=O) groups is 1. The maximum atomic E-state index is 10.8. The van der Waals surface area contributed by atoms with Gasteiger partial charge in [0, 0.05) is 0 Å². The van der Waals surface area contributed by atoms with E-state index in [1.54, 1.807) is 6.07 Å². The van der Waals surface area contributed by atoms with Crippen LogP contribution in [0.15, 0.2) is 34.7 Å². The van der Waals surface area contributed by atoms with E-state index in [0.717, 1.165) is 16.9 Å². The molecule has 21 heavy (non-hydrogen) atoms. The van der Waals surface area contributed by atoms with E-state index in [4.69, 9.17) is 14.3 Å². The van der Waals surface area contributed by atoms with Gasteiger partial charge in [-0.15, -0.1) is 0 Å². The first-order valence-corrected chi connectivity index (χ1v) is 6.84. The lowest BCUT2D eigenvalue weighted by Crippen LogP contribution is -2.14. The Morgan fingerprint density at radius 2 is 1.95 bits per heavy atom. The van der Waals surface area contributed by atoms with Crippen LogP contribution in [0.1, 0.15) is 48.2 Å². The number of aromatic carboxylic acids is 1. The molecule has 0 amide bonds. The Bertz CT molecular complexity index is 647. The van der Waals surface area contributed by atoms with Gasteiger partial charge < -0.3 is 14.3 Å². The smallest absolute Gasteiger partial charge is 0.371 e. The lowest BCUT2D eigenvalue weighted by atomic mass is 9.85. The largest absolute Gasteiger partial charge is 0.485 e. The highest BCUT2D eigenvalue weighted by Gasteiger charge is 2.20. The van der Waals surface area contributed by atoms with E-state index in [1.807, 2.05) is 25.1 Å². The Balaban J connectivity index is 2.21. The highest BCUT2D eigenvalue weighted by atomic mass is 16.5. The van der Waals surface area contributed by atoms with Crippen LogP contribution in [0.4, 0.5) is 0 Å². The van der Waals surface area contributed by atoms with Crippen molar-refractivity contribution < 1.29 is 19.1 Å². The summed E-state index contributed by atoms with van der Waals surface area (Å²) < 4.78 is 11.1. The molecule has 0 radical (unpaired) electrons. The number of ether oxygens (including phenoxy) is 1. The highest BCUT2D eigenvalue weighted by Crippen LogP contribution is 2.34. The molecule has 0 aliphatic carbocycles. The summed E-state index contributed by atoms with van der Waals surface area (Å²) in [6.07, 6.45) is 0. The Labute approximate surface area is 124 Å². The molecule has 1 N–H and O–H groups in total. The van der Waals surface area contributed by atoms with Crippen molar-refractivity contribution in [2.24, 2.45) is 0 Å². The van der Waals surface area contributed by atoms with E-state index in [0.29, 0.717) is 5.76 Å². The normalized spacial score (nSPS) is 11.4. The van der Waals surface area contributed by atoms with Gasteiger partial charge in [0.25, 0.3) is 0 Å². The third-order valence-corrected chi connectivity index (χ3v) is 3.25. The SMILES string of the molecule is Cc1cccc(C(C)(C)C)c1OCc1ccc(C(=O)O)o1. The average molecular weight is 288 g/mol. The van der Waals surface area contributed by atoms with Crippen LogP contribution in [0.3, 0.4) is 0 Å². The summed E-state index contributed by atoms with van der Waals surface area (Å²) in [6, 6.07) is 9.11. The first-order valence-electron chi connectivity index (χ1n) is 6.84. The summed E-state index contributed by atoms with van der Waals surface area (Å²) in [5.41, 5.74) is 2.14. The maximum absolute atomic E-state index is 10.8. The molecule has 0 saturated heterocycles. The minimum absolute atomic E-state index is 0.0310. The van der Waals surface area contributed by atoms with Gasteiger partial charge in [0.2, 0.25) is 5.76 Å². The van der Waals surface area contributed by atoms with Crippen LogP contribution in [-0.2, 0) is 12.0 Å². The number of rotatable bonds is 4. The molecule has 0 fully saturated rings. The molecule has 1 aromatic carbocycles. The molecule has 0 atom stereocenters. The zero-order valence-electron chi connectivity index (χ0n) is 12.8. The van der Waals surface area contributed by atoms with Crippen molar-refractivity contribution in [3.05, 3.63) is 53.0 Å². The van der Waals surface area contributed by atoms with Crippen LogP contribution in [0, 0.1) is 6.92 Å². The molecule has 0 spiro atoms. The number of carboxylic acid groups (broad SMARTS) is 1. The van der Waals surface area contributed by atoms with Crippen LogP contribution < -0.4 is 4.74 Å². The monoisotopic (exact) mass is 288 g/mol. The van der Waals surface area contributed by atoms with Gasteiger partial charge in [0.05, 0.1) is 0 Å². The molecule has 4 nitrogen and oxygen atoms in total. The lowest BCUT2D eigenvalue weighted by molar-refractivity contribution is 0.0658. The molecule has 0 aliphatic heterocycles. The minimum Gasteiger partial charge on any atom is -0.485 e.